The minimum absolute atomic E-state index is 0.0702. The minimum atomic E-state index is 0.0702. The third-order valence-corrected chi connectivity index (χ3v) is 4.09. The molecule has 0 saturated carbocycles. The van der Waals surface area contributed by atoms with Crippen molar-refractivity contribution in [2.45, 2.75) is 20.3 Å². The Labute approximate surface area is 127 Å². The fourth-order valence-corrected chi connectivity index (χ4v) is 2.63. The van der Waals surface area contributed by atoms with Gasteiger partial charge in [0.15, 0.2) is 0 Å². The third-order valence-electron chi connectivity index (χ3n) is 4.09. The van der Waals surface area contributed by atoms with Crippen LogP contribution in [0.4, 0.5) is 11.4 Å². The number of anilines is 2. The minimum Gasteiger partial charge on any atom is -0.399 e. The Kier molecular flexibility index (Phi) is 5.59. The van der Waals surface area contributed by atoms with Crippen LogP contribution >= 0.6 is 0 Å². The van der Waals surface area contributed by atoms with E-state index in [9.17, 15) is 4.79 Å². The van der Waals surface area contributed by atoms with Gasteiger partial charge in [-0.15, -0.1) is 0 Å². The number of nitrogens with two attached hydrogens (primary N) is 1. The molecule has 1 amide bonds. The van der Waals surface area contributed by atoms with Gasteiger partial charge in [-0.3, -0.25) is 4.79 Å². The Morgan fingerprint density at radius 2 is 1.90 bits per heavy atom. The van der Waals surface area contributed by atoms with Crippen molar-refractivity contribution in [3.8, 4) is 0 Å². The van der Waals surface area contributed by atoms with Crippen LogP contribution in [0.1, 0.15) is 18.9 Å². The molecule has 1 aliphatic heterocycles. The van der Waals surface area contributed by atoms with Gasteiger partial charge in [0.25, 0.3) is 0 Å². The fourth-order valence-electron chi connectivity index (χ4n) is 2.63. The Balaban J connectivity index is 1.75. The molecule has 0 unspecified atom stereocenters. The summed E-state index contributed by atoms with van der Waals surface area (Å²) in [6.45, 7) is 10.4. The zero-order chi connectivity index (χ0) is 15.2. The number of likely N-dealkylation sites (N-methyl/N-ethyl adjacent to an activating group) is 1. The third kappa shape index (κ3) is 4.72. The normalized spacial score (nSPS) is 16.9. The maximum atomic E-state index is 12.0. The summed E-state index contributed by atoms with van der Waals surface area (Å²) in [5, 5.41) is 2.97. The van der Waals surface area contributed by atoms with Crippen molar-refractivity contribution >= 4 is 17.3 Å². The van der Waals surface area contributed by atoms with Gasteiger partial charge in [0.2, 0.25) is 5.91 Å². The van der Waals surface area contributed by atoms with Crippen LogP contribution in [-0.2, 0) is 4.79 Å². The Morgan fingerprint density at radius 1 is 1.24 bits per heavy atom. The zero-order valence-electron chi connectivity index (χ0n) is 13.1. The molecule has 2 rings (SSSR count). The summed E-state index contributed by atoms with van der Waals surface area (Å²) >= 11 is 0. The molecule has 0 radical (unpaired) electrons. The number of rotatable bonds is 5. The maximum Gasteiger partial charge on any atom is 0.225 e. The van der Waals surface area contributed by atoms with Crippen LogP contribution in [0.2, 0.25) is 0 Å². The monoisotopic (exact) mass is 290 g/mol. The topological polar surface area (TPSA) is 61.6 Å². The molecule has 1 heterocycles. The summed E-state index contributed by atoms with van der Waals surface area (Å²) < 4.78 is 0. The lowest BCUT2D eigenvalue weighted by molar-refractivity contribution is -0.116. The van der Waals surface area contributed by atoms with E-state index in [0.717, 1.165) is 56.2 Å². The standard InChI is InChI=1S/C16H26N4O/c1-3-19-8-10-20(11-9-19)7-6-16(21)18-15-5-4-14(17)12-13(15)2/h4-5,12H,3,6-11,17H2,1-2H3,(H,18,21). The predicted octanol–water partition coefficient (Wildman–Crippen LogP) is 1.54. The summed E-state index contributed by atoms with van der Waals surface area (Å²) in [5.74, 6) is 0.0702. The first kappa shape index (κ1) is 15.8. The molecule has 0 bridgehead atoms. The van der Waals surface area contributed by atoms with E-state index in [1.807, 2.05) is 25.1 Å². The van der Waals surface area contributed by atoms with Gasteiger partial charge >= 0.3 is 0 Å². The second kappa shape index (κ2) is 7.43. The van der Waals surface area contributed by atoms with Gasteiger partial charge in [-0.05, 0) is 37.2 Å². The molecule has 3 N–H and O–H groups in total. The van der Waals surface area contributed by atoms with E-state index in [1.165, 1.54) is 0 Å². The lowest BCUT2D eigenvalue weighted by Gasteiger charge is -2.33. The quantitative estimate of drug-likeness (QED) is 0.808. The summed E-state index contributed by atoms with van der Waals surface area (Å²) in [5.41, 5.74) is 8.29. The average Bonchev–Trinajstić information content (AvgIpc) is 2.48. The van der Waals surface area contributed by atoms with E-state index in [2.05, 4.69) is 22.0 Å². The van der Waals surface area contributed by atoms with Gasteiger partial charge in [-0.2, -0.15) is 0 Å². The van der Waals surface area contributed by atoms with Crippen LogP contribution in [0, 0.1) is 6.92 Å². The van der Waals surface area contributed by atoms with Crippen LogP contribution in [0.3, 0.4) is 0 Å². The summed E-state index contributed by atoms with van der Waals surface area (Å²) in [4.78, 5) is 16.8. The van der Waals surface area contributed by atoms with E-state index >= 15 is 0 Å². The summed E-state index contributed by atoms with van der Waals surface area (Å²) in [7, 11) is 0. The molecule has 1 aromatic carbocycles. The van der Waals surface area contributed by atoms with Crippen molar-refractivity contribution < 1.29 is 4.79 Å². The molecule has 5 heteroatoms. The van der Waals surface area contributed by atoms with Crippen molar-refractivity contribution in [1.29, 1.82) is 0 Å². The van der Waals surface area contributed by atoms with Gasteiger partial charge in [0, 0.05) is 50.5 Å². The van der Waals surface area contributed by atoms with E-state index in [4.69, 9.17) is 5.73 Å². The Bertz CT molecular complexity index is 481. The van der Waals surface area contributed by atoms with Gasteiger partial charge in [-0.1, -0.05) is 6.92 Å². The molecule has 21 heavy (non-hydrogen) atoms. The Hall–Kier alpha value is -1.59. The number of benzene rings is 1. The Morgan fingerprint density at radius 3 is 2.52 bits per heavy atom. The van der Waals surface area contributed by atoms with E-state index in [1.54, 1.807) is 0 Å². The van der Waals surface area contributed by atoms with Crippen molar-refractivity contribution in [2.75, 3.05) is 50.3 Å². The van der Waals surface area contributed by atoms with Crippen molar-refractivity contribution in [3.05, 3.63) is 23.8 Å². The van der Waals surface area contributed by atoms with Crippen LogP contribution < -0.4 is 11.1 Å². The maximum absolute atomic E-state index is 12.0. The molecular weight excluding hydrogens is 264 g/mol. The van der Waals surface area contributed by atoms with Crippen LogP contribution in [0.25, 0.3) is 0 Å². The number of carbonyl (C=O) groups excluding carboxylic acids is 1. The first-order valence-corrected chi connectivity index (χ1v) is 7.69. The van der Waals surface area contributed by atoms with E-state index in [-0.39, 0.29) is 5.91 Å². The van der Waals surface area contributed by atoms with Crippen LogP contribution in [0.15, 0.2) is 18.2 Å². The highest BCUT2D eigenvalue weighted by molar-refractivity contribution is 5.91. The smallest absolute Gasteiger partial charge is 0.225 e. The molecule has 1 aliphatic rings. The van der Waals surface area contributed by atoms with Gasteiger partial charge < -0.3 is 20.9 Å². The van der Waals surface area contributed by atoms with Crippen LogP contribution in [-0.4, -0.2) is 55.0 Å². The van der Waals surface area contributed by atoms with E-state index in [0.29, 0.717) is 6.42 Å². The molecule has 1 saturated heterocycles. The van der Waals surface area contributed by atoms with E-state index < -0.39 is 0 Å². The predicted molar refractivity (Wildman–Crippen MR) is 87.4 cm³/mol. The molecule has 1 aromatic rings. The number of hydrogen-bond acceptors (Lipinski definition) is 4. The van der Waals surface area contributed by atoms with Crippen molar-refractivity contribution in [1.82, 2.24) is 9.80 Å². The molecule has 0 aliphatic carbocycles. The summed E-state index contributed by atoms with van der Waals surface area (Å²) in [6.07, 6.45) is 0.538. The molecular formula is C16H26N4O. The SMILES string of the molecule is CCN1CCN(CCC(=O)Nc2ccc(N)cc2C)CC1. The highest BCUT2D eigenvalue weighted by Crippen LogP contribution is 2.17. The number of hydrogen-bond donors (Lipinski definition) is 2. The second-order valence-corrected chi connectivity index (χ2v) is 5.65. The fraction of sp³-hybridized carbons (Fsp3) is 0.562. The largest absolute Gasteiger partial charge is 0.399 e. The molecule has 116 valence electrons. The molecule has 5 nitrogen and oxygen atoms in total. The molecule has 1 fully saturated rings. The number of piperazine rings is 1. The molecule has 0 aromatic heterocycles. The first-order valence-electron chi connectivity index (χ1n) is 7.69. The number of carbonyl (C=O) groups is 1. The van der Waals surface area contributed by atoms with Crippen molar-refractivity contribution in [3.63, 3.8) is 0 Å². The number of nitrogen functional groups attached to an aromatic ring is 1. The first-order chi connectivity index (χ1) is 10.1. The number of nitrogens with zero attached hydrogens (tertiary/aromatic N) is 2. The summed E-state index contributed by atoms with van der Waals surface area (Å²) in [6, 6.07) is 5.55. The number of amides is 1. The number of nitrogens with one attached hydrogen (secondary N) is 1. The number of aryl methyl sites for hydroxylation is 1. The average molecular weight is 290 g/mol. The lowest BCUT2D eigenvalue weighted by Crippen LogP contribution is -2.46. The molecule has 0 atom stereocenters. The highest BCUT2D eigenvalue weighted by atomic mass is 16.1. The van der Waals surface area contributed by atoms with Gasteiger partial charge in [0.1, 0.15) is 0 Å². The van der Waals surface area contributed by atoms with Crippen molar-refractivity contribution in [2.24, 2.45) is 0 Å². The van der Waals surface area contributed by atoms with Gasteiger partial charge in [0.05, 0.1) is 0 Å². The second-order valence-electron chi connectivity index (χ2n) is 5.65. The molecule has 0 spiro atoms. The van der Waals surface area contributed by atoms with Crippen LogP contribution in [0.5, 0.6) is 0 Å². The van der Waals surface area contributed by atoms with Gasteiger partial charge in [-0.25, -0.2) is 0 Å². The highest BCUT2D eigenvalue weighted by Gasteiger charge is 2.16. The zero-order valence-corrected chi connectivity index (χ0v) is 13.1. The lowest BCUT2D eigenvalue weighted by atomic mass is 10.1.